The van der Waals surface area contributed by atoms with E-state index in [1.165, 1.54) is 79.3 Å². The Labute approximate surface area is 686 Å². The average Bonchev–Trinajstić information content (AvgIpc) is 1.66. The van der Waals surface area contributed by atoms with Crippen molar-refractivity contribution in [3.63, 3.8) is 0 Å². The second-order valence-electron chi connectivity index (χ2n) is 30.7. The summed E-state index contributed by atoms with van der Waals surface area (Å²) in [6.07, 6.45) is 6.26. The molecule has 2 saturated heterocycles. The molecule has 0 bridgehead atoms. The number of urea groups is 1. The maximum absolute atomic E-state index is 14.1. The number of amides is 12. The maximum atomic E-state index is 14.1. The number of hydrogen-bond donors (Lipinski definition) is 12. The van der Waals surface area contributed by atoms with Crippen molar-refractivity contribution in [2.24, 2.45) is 11.8 Å². The van der Waals surface area contributed by atoms with Gasteiger partial charge in [-0.3, -0.25) is 47.9 Å². The molecule has 12 amide bonds. The molecule has 0 unspecified atom stereocenters. The van der Waals surface area contributed by atoms with Crippen LogP contribution in [0, 0.1) is 18.8 Å². The largest absolute Gasteiger partial charge is 0.480 e. The van der Waals surface area contributed by atoms with Gasteiger partial charge in [-0.1, -0.05) is 120 Å². The first-order chi connectivity index (χ1) is 55.5. The van der Waals surface area contributed by atoms with E-state index in [9.17, 15) is 89.4 Å². The molecule has 0 radical (unpaired) electrons. The third kappa shape index (κ3) is 31.5. The summed E-state index contributed by atoms with van der Waals surface area (Å²) in [6.45, 7) is 10.5. The second-order valence-corrected chi connectivity index (χ2v) is 34.5. The third-order valence-electron chi connectivity index (χ3n) is 20.4. The van der Waals surface area contributed by atoms with E-state index in [4.69, 9.17) is 0 Å². The van der Waals surface area contributed by atoms with E-state index in [2.05, 4.69) is 53.2 Å². The summed E-state index contributed by atoms with van der Waals surface area (Å²) in [5, 5.41) is 47.6. The van der Waals surface area contributed by atoms with Gasteiger partial charge >= 0.3 is 18.0 Å². The minimum absolute atomic E-state index is 0.0399. The second kappa shape index (κ2) is 47.7. The van der Waals surface area contributed by atoms with Gasteiger partial charge in [-0.05, 0) is 149 Å². The number of sulfonamides is 2. The van der Waals surface area contributed by atoms with E-state index in [1.54, 1.807) is 42.5 Å². The fourth-order valence-corrected chi connectivity index (χ4v) is 17.1. The number of carbonyl (C=O) groups excluding carboxylic acids is 11. The van der Waals surface area contributed by atoms with Gasteiger partial charge in [0.1, 0.15) is 36.3 Å². The fourth-order valence-electron chi connectivity index (χ4n) is 13.8. The Morgan fingerprint density at radius 2 is 0.863 bits per heavy atom. The number of para-hydroxylation sites is 1. The monoisotopic (exact) mass is 1670 g/mol. The lowest BCUT2D eigenvalue weighted by atomic mass is 10.0. The lowest BCUT2D eigenvalue weighted by Gasteiger charge is -2.29. The Hall–Kier alpha value is -10.4. The summed E-state index contributed by atoms with van der Waals surface area (Å²) in [5.74, 6) is -7.47. The number of unbranched alkanes of at least 4 members (excludes halogenated alkanes) is 7. The first-order valence-electron chi connectivity index (χ1n) is 40.1. The van der Waals surface area contributed by atoms with Crippen molar-refractivity contribution in [2.75, 3.05) is 64.0 Å². The number of carboxylic acids is 2. The minimum Gasteiger partial charge on any atom is -0.480 e. The average molecular weight is 1670 g/mol. The zero-order valence-electron chi connectivity index (χ0n) is 68.2. The van der Waals surface area contributed by atoms with Crippen LogP contribution >= 0.6 is 0 Å². The normalized spacial score (nSPS) is 16.6. The van der Waals surface area contributed by atoms with Crippen molar-refractivity contribution in [1.82, 2.24) is 60.9 Å². The highest BCUT2D eigenvalue weighted by atomic mass is 32.2. The Morgan fingerprint density at radius 1 is 0.470 bits per heavy atom. The van der Waals surface area contributed by atoms with Crippen LogP contribution in [0.1, 0.15) is 174 Å². The molecular weight excluding hydrogens is 1550 g/mol. The minimum atomic E-state index is -4.35. The molecule has 0 aromatic heterocycles. The lowest BCUT2D eigenvalue weighted by molar-refractivity contribution is -0.143. The van der Waals surface area contributed by atoms with Crippen LogP contribution < -0.4 is 53.2 Å². The zero-order valence-corrected chi connectivity index (χ0v) is 69.8. The van der Waals surface area contributed by atoms with Crippen LogP contribution in [0.5, 0.6) is 0 Å². The quantitative estimate of drug-likeness (QED) is 0.0236. The van der Waals surface area contributed by atoms with Gasteiger partial charge in [0.15, 0.2) is 0 Å². The van der Waals surface area contributed by atoms with E-state index in [1.807, 2.05) is 52.8 Å². The van der Waals surface area contributed by atoms with Crippen molar-refractivity contribution >= 4 is 108 Å². The summed E-state index contributed by atoms with van der Waals surface area (Å²) in [7, 11) is -5.67. The van der Waals surface area contributed by atoms with Crippen LogP contribution in [-0.4, -0.2) is 224 Å². The lowest BCUT2D eigenvalue weighted by Crippen LogP contribution is -2.52. The molecule has 4 aromatic rings. The Balaban J connectivity index is 0.836. The summed E-state index contributed by atoms with van der Waals surface area (Å²) in [4.78, 5) is 172. The molecule has 8 atom stereocenters. The van der Waals surface area contributed by atoms with E-state index >= 15 is 0 Å². The van der Waals surface area contributed by atoms with Crippen molar-refractivity contribution in [3.05, 3.63) is 120 Å². The summed E-state index contributed by atoms with van der Waals surface area (Å²) in [5.41, 5.74) is 2.66. The van der Waals surface area contributed by atoms with Gasteiger partial charge in [-0.15, -0.1) is 0 Å². The van der Waals surface area contributed by atoms with Gasteiger partial charge in [-0.25, -0.2) is 31.2 Å². The third-order valence-corrected chi connectivity index (χ3v) is 24.2. The van der Waals surface area contributed by atoms with Crippen molar-refractivity contribution in [2.45, 2.75) is 235 Å². The van der Waals surface area contributed by atoms with Gasteiger partial charge in [0.25, 0.3) is 0 Å². The van der Waals surface area contributed by atoms with Gasteiger partial charge in [0.2, 0.25) is 79.1 Å². The van der Waals surface area contributed by atoms with Crippen LogP contribution in [0.15, 0.2) is 119 Å². The highest BCUT2D eigenvalue weighted by molar-refractivity contribution is 7.89. The van der Waals surface area contributed by atoms with E-state index in [0.717, 1.165) is 27.0 Å². The number of likely N-dealkylation sites (N-methyl/N-ethyl adjacent to an activating group) is 2. The van der Waals surface area contributed by atoms with Gasteiger partial charge < -0.3 is 73.2 Å². The summed E-state index contributed by atoms with van der Waals surface area (Å²) in [6, 6.07) is 19.0. The molecule has 35 heteroatoms. The summed E-state index contributed by atoms with van der Waals surface area (Å²) >= 11 is 0. The van der Waals surface area contributed by atoms with E-state index < -0.39 is 116 Å². The highest BCUT2D eigenvalue weighted by Gasteiger charge is 2.47. The predicted molar refractivity (Wildman–Crippen MR) is 438 cm³/mol. The number of hydrogen-bond acceptors (Lipinski definition) is 17. The van der Waals surface area contributed by atoms with Crippen molar-refractivity contribution < 1.29 is 89.4 Å². The number of carbonyl (C=O) groups is 13. The molecule has 642 valence electrons. The molecule has 6 rings (SSSR count). The highest BCUT2D eigenvalue weighted by Crippen LogP contribution is 2.30. The molecule has 2 heterocycles. The molecule has 2 fully saturated rings. The van der Waals surface area contributed by atoms with Gasteiger partial charge in [0, 0.05) is 109 Å². The van der Waals surface area contributed by atoms with E-state index in [-0.39, 0.29) is 135 Å². The predicted octanol–water partition coefficient (Wildman–Crippen LogP) is 5.69. The standard InChI is InChI=1S/C82H118N14O19S2/c1-54(2)47-67(93(7)57(6)97)76(103)85-45-41-65(80(107)108)90-78(105)69-50-60(52-95(69)116(112,113)62-28-15-11-16-29-62)87-73(100)35-21-13-25-43-83-71(98)33-19-9-10-20-34-72(99)84-44-26-14-22-36-74(101)88-61-51-70(96(53-61)117(114,115)63-30-17-12-18-31-63)79(106)91-66(81(109)110)42-46-86-77(104)68(48-55(3)4)94(8)75(102)49-58-37-39-59(40-38-58)89-82(111)92-64-32-24-23-27-56(64)5/h11-12,15-18,23-24,27-32,37-40,54-55,60-61,65-70H,9-10,13-14,19-22,25-26,33-36,41-53H2,1-8H3,(H,83,98)(H,84,99)(H,85,103)(H,86,104)(H,87,100)(H,88,101)(H,90,105)(H,91,106)(H,107,108)(H,109,110)(H2,89,92,111)/t60-,61-,65+,66+,67+,68+,69+,70+/m1/s1. The first-order valence-corrected chi connectivity index (χ1v) is 43.0. The number of nitrogens with zero attached hydrogens (tertiary/aromatic N) is 4. The Bertz CT molecular complexity index is 4260. The van der Waals surface area contributed by atoms with Crippen LogP contribution in [0.4, 0.5) is 16.2 Å². The summed E-state index contributed by atoms with van der Waals surface area (Å²) < 4.78 is 58.0. The molecule has 0 saturated carbocycles. The molecular formula is C82H118N14O19S2. The van der Waals surface area contributed by atoms with Crippen LogP contribution in [0.3, 0.4) is 0 Å². The number of aryl methyl sites for hydroxylation is 1. The first kappa shape index (κ1) is 95.5. The van der Waals surface area contributed by atoms with Crippen molar-refractivity contribution in [1.29, 1.82) is 0 Å². The number of rotatable bonds is 49. The molecule has 33 nitrogen and oxygen atoms in total. The van der Waals surface area contributed by atoms with E-state index in [0.29, 0.717) is 94.2 Å². The van der Waals surface area contributed by atoms with Gasteiger partial charge in [-0.2, -0.15) is 8.61 Å². The van der Waals surface area contributed by atoms with Crippen LogP contribution in [0.25, 0.3) is 0 Å². The Morgan fingerprint density at radius 3 is 1.26 bits per heavy atom. The molecule has 2 aliphatic rings. The van der Waals surface area contributed by atoms with Crippen LogP contribution in [0.2, 0.25) is 0 Å². The van der Waals surface area contributed by atoms with Crippen LogP contribution in [-0.2, 0) is 84.0 Å². The SMILES string of the molecule is CC(=O)N(C)[C@@H](CC(C)C)C(=O)NCC[C@H](NC(=O)[C@@H]1C[C@@H](NC(=O)CCCCCNC(=O)CCCCCCC(=O)NCCCCCC(=O)N[C@@H]2C[C@@H](C(=O)N[C@@H](CCNC(=O)[C@H](CC(C)C)N(C)C(=O)Cc3ccc(NC(=O)Nc4ccccc4C)cc3)C(=O)O)N(S(=O)(=O)c3ccccc3)C2)CN1S(=O)(=O)c1ccccc1)C(=O)O. The maximum Gasteiger partial charge on any atom is 0.326 e. The molecule has 0 spiro atoms. The van der Waals surface area contributed by atoms with Gasteiger partial charge in [0.05, 0.1) is 16.2 Å². The zero-order chi connectivity index (χ0) is 85.9. The Kier molecular flexibility index (Phi) is 38.9. The van der Waals surface area contributed by atoms with Crippen molar-refractivity contribution in [3.8, 4) is 0 Å². The molecule has 117 heavy (non-hydrogen) atoms. The number of nitrogens with one attached hydrogen (secondary N) is 10. The molecule has 12 N–H and O–H groups in total. The fraction of sp³-hybridized carbons (Fsp3) is 0.549. The number of aliphatic carboxylic acids is 2. The number of carboxylic acid groups (broad SMARTS) is 2. The molecule has 0 aliphatic carbocycles. The molecule has 4 aromatic carbocycles. The molecule has 2 aliphatic heterocycles. The number of anilines is 2. The topological polar surface area (TPSA) is 464 Å². The number of benzene rings is 4. The smallest absolute Gasteiger partial charge is 0.326 e.